The summed E-state index contributed by atoms with van der Waals surface area (Å²) in [5, 5.41) is 10.7. The molecule has 2 saturated carbocycles. The number of benzene rings is 1. The zero-order chi connectivity index (χ0) is 17.3. The van der Waals surface area contributed by atoms with Crippen LogP contribution < -0.4 is 0 Å². The van der Waals surface area contributed by atoms with Crippen molar-refractivity contribution in [3.8, 4) is 0 Å². The highest BCUT2D eigenvalue weighted by Gasteiger charge is 2.67. The van der Waals surface area contributed by atoms with E-state index < -0.39 is 10.9 Å². The molecule has 25 heavy (non-hydrogen) atoms. The van der Waals surface area contributed by atoms with Crippen molar-refractivity contribution >= 4 is 27.6 Å². The number of nitrogens with zero attached hydrogens (tertiary/aromatic N) is 1. The number of hydrogen-bond acceptors (Lipinski definition) is 5. The number of fused-ring (bicyclic) bond motifs is 2. The summed E-state index contributed by atoms with van der Waals surface area (Å²) in [6.07, 6.45) is 5.28. The van der Waals surface area contributed by atoms with Gasteiger partial charge in [0.2, 0.25) is 0 Å². The lowest BCUT2D eigenvalue weighted by atomic mass is 9.72. The Kier molecular flexibility index (Phi) is 3.34. The van der Waals surface area contributed by atoms with Gasteiger partial charge in [-0.05, 0) is 36.5 Å². The Morgan fingerprint density at radius 2 is 1.96 bits per heavy atom. The molecular weight excluding hydrogens is 390 g/mol. The largest absolute Gasteiger partial charge is 0.454 e. The first-order chi connectivity index (χ1) is 12.0. The van der Waals surface area contributed by atoms with Gasteiger partial charge < -0.3 is 9.47 Å². The Morgan fingerprint density at radius 3 is 2.68 bits per heavy atom. The summed E-state index contributed by atoms with van der Waals surface area (Å²) < 4.78 is 11.9. The van der Waals surface area contributed by atoms with Gasteiger partial charge in [-0.2, -0.15) is 0 Å². The van der Waals surface area contributed by atoms with Crippen LogP contribution in [0.4, 0.5) is 5.69 Å². The number of esters is 1. The third-order valence-corrected chi connectivity index (χ3v) is 7.44. The van der Waals surface area contributed by atoms with Crippen LogP contribution in [0.1, 0.15) is 16.8 Å². The molecule has 8 atom stereocenters. The summed E-state index contributed by atoms with van der Waals surface area (Å²) in [6, 6.07) is 5.53. The summed E-state index contributed by atoms with van der Waals surface area (Å²) in [4.78, 5) is 23.1. The Hall–Kier alpha value is -1.73. The van der Waals surface area contributed by atoms with Crippen LogP contribution in [0.25, 0.3) is 0 Å². The molecule has 4 aliphatic rings. The molecule has 3 aliphatic carbocycles. The number of carbonyl (C=O) groups excluding carboxylic acids is 1. The molecule has 1 aromatic rings. The zero-order valence-corrected chi connectivity index (χ0v) is 14.7. The molecule has 6 nitrogen and oxygen atoms in total. The van der Waals surface area contributed by atoms with Crippen molar-refractivity contribution in [2.24, 2.45) is 23.7 Å². The van der Waals surface area contributed by atoms with Crippen molar-refractivity contribution in [3.05, 3.63) is 52.1 Å². The maximum atomic E-state index is 12.5. The van der Waals surface area contributed by atoms with Crippen LogP contribution in [-0.4, -0.2) is 34.0 Å². The smallest absolute Gasteiger partial charge is 0.338 e. The van der Waals surface area contributed by atoms with Crippen molar-refractivity contribution in [1.82, 2.24) is 0 Å². The average molecular weight is 406 g/mol. The first-order valence-electron chi connectivity index (χ1n) is 8.48. The van der Waals surface area contributed by atoms with Crippen molar-refractivity contribution < 1.29 is 19.2 Å². The molecule has 1 aromatic carbocycles. The molecule has 130 valence electrons. The van der Waals surface area contributed by atoms with Gasteiger partial charge in [0.25, 0.3) is 5.69 Å². The van der Waals surface area contributed by atoms with E-state index >= 15 is 0 Å². The molecule has 0 aromatic heterocycles. The van der Waals surface area contributed by atoms with E-state index in [4.69, 9.17) is 9.47 Å². The molecule has 1 heterocycles. The van der Waals surface area contributed by atoms with E-state index in [1.807, 2.05) is 12.2 Å². The fourth-order valence-corrected chi connectivity index (χ4v) is 6.38. The standard InChI is InChI=1S/C18H16BrNO5/c19-16-10-7-11-15-12(24-17(11)16)5-6-13(14(10)15)25-18(21)8-1-3-9(4-2-8)20(22)23/h1-6,10-17H,7H2/t10-,11+,12+,13-,14+,15-,16-,17+/m1/s1. The van der Waals surface area contributed by atoms with Gasteiger partial charge in [-0.1, -0.05) is 22.0 Å². The van der Waals surface area contributed by atoms with Crippen LogP contribution in [0.15, 0.2) is 36.4 Å². The Labute approximate surface area is 152 Å². The maximum Gasteiger partial charge on any atom is 0.338 e. The van der Waals surface area contributed by atoms with Gasteiger partial charge in [-0.15, -0.1) is 0 Å². The number of ether oxygens (including phenoxy) is 2. The van der Waals surface area contributed by atoms with E-state index in [-0.39, 0.29) is 29.9 Å². The zero-order valence-electron chi connectivity index (χ0n) is 13.2. The summed E-state index contributed by atoms with van der Waals surface area (Å²) in [5.74, 6) is 1.29. The van der Waals surface area contributed by atoms with Gasteiger partial charge in [-0.25, -0.2) is 4.79 Å². The predicted octanol–water partition coefficient (Wildman–Crippen LogP) is 3.10. The Balaban J connectivity index is 1.37. The van der Waals surface area contributed by atoms with E-state index in [2.05, 4.69) is 15.9 Å². The maximum absolute atomic E-state index is 12.5. The van der Waals surface area contributed by atoms with Crippen molar-refractivity contribution in [2.45, 2.75) is 29.6 Å². The number of halogens is 1. The quantitative estimate of drug-likeness (QED) is 0.254. The Bertz CT molecular complexity index is 778. The van der Waals surface area contributed by atoms with Crippen molar-refractivity contribution in [1.29, 1.82) is 0 Å². The minimum Gasteiger partial charge on any atom is -0.454 e. The van der Waals surface area contributed by atoms with Crippen LogP contribution in [-0.2, 0) is 9.47 Å². The molecular formula is C18H16BrNO5. The second-order valence-electron chi connectivity index (χ2n) is 7.29. The van der Waals surface area contributed by atoms with Crippen molar-refractivity contribution in [3.63, 3.8) is 0 Å². The predicted molar refractivity (Wildman–Crippen MR) is 91.4 cm³/mol. The number of nitro groups is 1. The van der Waals surface area contributed by atoms with Gasteiger partial charge in [0.05, 0.1) is 22.7 Å². The number of rotatable bonds is 3. The first kappa shape index (κ1) is 15.5. The lowest BCUT2D eigenvalue weighted by Crippen LogP contribution is -2.43. The molecule has 0 unspecified atom stereocenters. The van der Waals surface area contributed by atoms with E-state index in [9.17, 15) is 14.9 Å². The van der Waals surface area contributed by atoms with Crippen molar-refractivity contribution in [2.75, 3.05) is 0 Å². The highest BCUT2D eigenvalue weighted by Crippen LogP contribution is 2.64. The highest BCUT2D eigenvalue weighted by atomic mass is 79.9. The van der Waals surface area contributed by atoms with Gasteiger partial charge in [0.15, 0.2) is 0 Å². The number of non-ortho nitro benzene ring substituents is 1. The molecule has 5 rings (SSSR count). The van der Waals surface area contributed by atoms with E-state index in [1.165, 1.54) is 24.3 Å². The topological polar surface area (TPSA) is 78.7 Å². The molecule has 2 bridgehead atoms. The van der Waals surface area contributed by atoms with E-state index in [0.29, 0.717) is 28.1 Å². The highest BCUT2D eigenvalue weighted by molar-refractivity contribution is 9.09. The molecule has 3 fully saturated rings. The molecule has 0 N–H and O–H groups in total. The lowest BCUT2D eigenvalue weighted by molar-refractivity contribution is -0.384. The second-order valence-corrected chi connectivity index (χ2v) is 8.34. The fourth-order valence-electron chi connectivity index (χ4n) is 5.30. The van der Waals surface area contributed by atoms with Gasteiger partial charge in [0.1, 0.15) is 6.10 Å². The van der Waals surface area contributed by atoms with Crippen LogP contribution in [0.3, 0.4) is 0 Å². The van der Waals surface area contributed by atoms with Crippen LogP contribution in [0, 0.1) is 33.8 Å². The SMILES string of the molecule is O=C(O[C@@H]1C=C[C@@H]2O[C@@H]3[C@H](Br)[C@@H]4C[C@H]3[C@H]2[C@@H]41)c1ccc([N+](=O)[O-])cc1. The van der Waals surface area contributed by atoms with Gasteiger partial charge in [0, 0.05) is 28.8 Å². The Morgan fingerprint density at radius 1 is 1.20 bits per heavy atom. The first-order valence-corrected chi connectivity index (χ1v) is 9.39. The molecule has 0 spiro atoms. The summed E-state index contributed by atoms with van der Waals surface area (Å²) in [7, 11) is 0. The number of alkyl halides is 1. The van der Waals surface area contributed by atoms with E-state index in [1.54, 1.807) is 0 Å². The minimum atomic E-state index is -0.485. The number of carbonyl (C=O) groups is 1. The summed E-state index contributed by atoms with van der Waals surface area (Å²) >= 11 is 3.79. The third-order valence-electron chi connectivity index (χ3n) is 6.24. The second kappa shape index (κ2) is 5.38. The molecule has 1 saturated heterocycles. The monoisotopic (exact) mass is 405 g/mol. The van der Waals surface area contributed by atoms with Crippen LogP contribution in [0.5, 0.6) is 0 Å². The number of nitro benzene ring substituents is 1. The average Bonchev–Trinajstić information content (AvgIpc) is 3.24. The van der Waals surface area contributed by atoms with Gasteiger partial charge >= 0.3 is 5.97 Å². The molecule has 7 heteroatoms. The minimum absolute atomic E-state index is 0.0404. The van der Waals surface area contributed by atoms with Gasteiger partial charge in [-0.3, -0.25) is 10.1 Å². The molecule has 1 aliphatic heterocycles. The summed E-state index contributed by atoms with van der Waals surface area (Å²) in [5.41, 5.74) is 0.293. The van der Waals surface area contributed by atoms with E-state index in [0.717, 1.165) is 6.42 Å². The number of hydrogen-bond donors (Lipinski definition) is 0. The third kappa shape index (κ3) is 2.15. The van der Waals surface area contributed by atoms with Crippen LogP contribution in [0.2, 0.25) is 0 Å². The molecule has 0 amide bonds. The van der Waals surface area contributed by atoms with Crippen LogP contribution >= 0.6 is 15.9 Å². The summed E-state index contributed by atoms with van der Waals surface area (Å²) in [6.45, 7) is 0. The molecule has 0 radical (unpaired) electrons. The lowest BCUT2D eigenvalue weighted by Gasteiger charge is -2.37. The normalized spacial score (nSPS) is 42.6. The fraction of sp³-hybridized carbons (Fsp3) is 0.500.